The maximum absolute atomic E-state index is 13.9. The van der Waals surface area contributed by atoms with E-state index in [-0.39, 0.29) is 28.8 Å². The standard InChI is InChI=1S/C38H49NO4/c1-35-19-20-37(24-29(35)13-14-30-31(35)15-17-36(2)32(30)16-18-38(36)41-21-22-42-38)26-39(25-28-11-7-4-8-12-28)33(34(40)43-37)23-27-9-5-3-6-10-27/h3-12,29-33H,13-26H2,1-2H3/t29-,30+,31-,32-,33+,35-,36-,37+/m0/s1. The lowest BCUT2D eigenvalue weighted by Crippen LogP contribution is -2.64. The van der Waals surface area contributed by atoms with Gasteiger partial charge in [-0.05, 0) is 98.0 Å². The van der Waals surface area contributed by atoms with Crippen molar-refractivity contribution >= 4 is 5.97 Å². The van der Waals surface area contributed by atoms with Crippen LogP contribution in [-0.4, -0.2) is 48.1 Å². The second-order valence-electron chi connectivity index (χ2n) is 15.5. The van der Waals surface area contributed by atoms with Crippen LogP contribution in [0.2, 0.25) is 0 Å². The summed E-state index contributed by atoms with van der Waals surface area (Å²) in [5, 5.41) is 0. The fourth-order valence-corrected chi connectivity index (χ4v) is 11.4. The lowest BCUT2D eigenvalue weighted by Gasteiger charge is -2.63. The van der Waals surface area contributed by atoms with Crippen LogP contribution in [0.25, 0.3) is 0 Å². The van der Waals surface area contributed by atoms with Crippen molar-refractivity contribution in [3.8, 4) is 0 Å². The third kappa shape index (κ3) is 4.47. The predicted octanol–water partition coefficient (Wildman–Crippen LogP) is 7.18. The maximum Gasteiger partial charge on any atom is 0.324 e. The van der Waals surface area contributed by atoms with Crippen molar-refractivity contribution < 1.29 is 19.0 Å². The number of ether oxygens (including phenoxy) is 3. The first kappa shape index (κ1) is 28.3. The van der Waals surface area contributed by atoms with Crippen LogP contribution in [0.5, 0.6) is 0 Å². The Morgan fingerprint density at radius 3 is 2.23 bits per heavy atom. The Morgan fingerprint density at radius 1 is 0.791 bits per heavy atom. The molecule has 0 N–H and O–H groups in total. The number of hydrogen-bond donors (Lipinski definition) is 0. The smallest absolute Gasteiger partial charge is 0.324 e. The number of carbonyl (C=O) groups excluding carboxylic acids is 1. The summed E-state index contributed by atoms with van der Waals surface area (Å²) in [5.41, 5.74) is 2.55. The molecule has 2 saturated heterocycles. The summed E-state index contributed by atoms with van der Waals surface area (Å²) in [6.45, 7) is 8.24. The van der Waals surface area contributed by atoms with E-state index in [1.807, 2.05) is 6.07 Å². The second-order valence-corrected chi connectivity index (χ2v) is 15.5. The highest BCUT2D eigenvalue weighted by molar-refractivity contribution is 5.77. The molecule has 2 spiro atoms. The molecule has 6 aliphatic rings. The Labute approximate surface area is 257 Å². The third-order valence-electron chi connectivity index (χ3n) is 13.6. The summed E-state index contributed by atoms with van der Waals surface area (Å²) >= 11 is 0. The first-order chi connectivity index (χ1) is 20.8. The van der Waals surface area contributed by atoms with Crippen molar-refractivity contribution in [2.75, 3.05) is 19.8 Å². The van der Waals surface area contributed by atoms with E-state index < -0.39 is 0 Å². The van der Waals surface area contributed by atoms with Gasteiger partial charge in [0.15, 0.2) is 5.79 Å². The lowest BCUT2D eigenvalue weighted by molar-refractivity contribution is -0.251. The molecule has 43 heavy (non-hydrogen) atoms. The molecule has 0 unspecified atom stereocenters. The lowest BCUT2D eigenvalue weighted by atomic mass is 9.44. The zero-order valence-corrected chi connectivity index (χ0v) is 26.1. The average Bonchev–Trinajstić information content (AvgIpc) is 3.62. The van der Waals surface area contributed by atoms with Gasteiger partial charge in [-0.1, -0.05) is 74.5 Å². The molecule has 8 atom stereocenters. The SMILES string of the molecule is C[C@]12CC[C@@]3(C[C@@H]1CC[C@@H]1[C@@H]2CC[C@@]2(C)[C@H]1CCC21OCCO1)CN(Cc1ccccc1)[C@H](Cc1ccccc1)C(=O)O3. The topological polar surface area (TPSA) is 48.0 Å². The molecular formula is C38H49NO4. The fraction of sp³-hybridized carbons (Fsp3) is 0.658. The van der Waals surface area contributed by atoms with Gasteiger partial charge in [0.25, 0.3) is 0 Å². The van der Waals surface area contributed by atoms with Gasteiger partial charge in [0.2, 0.25) is 0 Å². The number of fused-ring (bicyclic) bond motifs is 6. The molecule has 5 nitrogen and oxygen atoms in total. The van der Waals surface area contributed by atoms with Crippen molar-refractivity contribution in [1.82, 2.24) is 4.90 Å². The summed E-state index contributed by atoms with van der Waals surface area (Å²) < 4.78 is 19.4. The molecule has 2 aromatic carbocycles. The number of nitrogens with zero attached hydrogens (tertiary/aromatic N) is 1. The summed E-state index contributed by atoms with van der Waals surface area (Å²) in [4.78, 5) is 16.4. The van der Waals surface area contributed by atoms with E-state index in [0.717, 1.165) is 63.8 Å². The molecule has 8 rings (SSSR count). The molecule has 5 heteroatoms. The first-order valence-electron chi connectivity index (χ1n) is 17.2. The van der Waals surface area contributed by atoms with Crippen LogP contribution in [0.3, 0.4) is 0 Å². The van der Waals surface area contributed by atoms with E-state index in [1.165, 1.54) is 43.2 Å². The number of carbonyl (C=O) groups is 1. The molecule has 0 radical (unpaired) electrons. The Bertz CT molecular complexity index is 1330. The van der Waals surface area contributed by atoms with Crippen LogP contribution in [-0.2, 0) is 32.0 Å². The molecule has 0 amide bonds. The maximum atomic E-state index is 13.9. The molecule has 2 heterocycles. The van der Waals surface area contributed by atoms with Crippen LogP contribution >= 0.6 is 0 Å². The van der Waals surface area contributed by atoms with E-state index >= 15 is 0 Å². The molecule has 230 valence electrons. The van der Waals surface area contributed by atoms with Gasteiger partial charge in [-0.2, -0.15) is 0 Å². The predicted molar refractivity (Wildman–Crippen MR) is 166 cm³/mol. The van der Waals surface area contributed by atoms with Gasteiger partial charge in [-0.25, -0.2) is 0 Å². The highest BCUT2D eigenvalue weighted by Gasteiger charge is 2.68. The van der Waals surface area contributed by atoms with Gasteiger partial charge in [0, 0.05) is 24.9 Å². The summed E-state index contributed by atoms with van der Waals surface area (Å²) in [6, 6.07) is 20.9. The van der Waals surface area contributed by atoms with Crippen LogP contribution in [0.1, 0.15) is 82.8 Å². The molecular weight excluding hydrogens is 534 g/mol. The largest absolute Gasteiger partial charge is 0.457 e. The van der Waals surface area contributed by atoms with Crippen molar-refractivity contribution in [3.05, 3.63) is 71.8 Å². The number of morpholine rings is 1. The van der Waals surface area contributed by atoms with E-state index in [9.17, 15) is 4.79 Å². The Balaban J connectivity index is 1.03. The van der Waals surface area contributed by atoms with E-state index in [1.54, 1.807) is 0 Å². The van der Waals surface area contributed by atoms with Crippen molar-refractivity contribution in [2.45, 2.75) is 102 Å². The summed E-state index contributed by atoms with van der Waals surface area (Å²) in [7, 11) is 0. The highest BCUT2D eigenvalue weighted by Crippen LogP contribution is 2.70. The third-order valence-corrected chi connectivity index (χ3v) is 13.6. The minimum atomic E-state index is -0.373. The first-order valence-corrected chi connectivity index (χ1v) is 17.2. The van der Waals surface area contributed by atoms with Gasteiger partial charge in [0.05, 0.1) is 13.2 Å². The Kier molecular flexibility index (Phi) is 6.85. The number of hydrogen-bond acceptors (Lipinski definition) is 5. The second kappa shape index (κ2) is 10.4. The van der Waals surface area contributed by atoms with Gasteiger partial charge in [-0.3, -0.25) is 9.69 Å². The molecule has 4 saturated carbocycles. The van der Waals surface area contributed by atoms with E-state index in [4.69, 9.17) is 14.2 Å². The van der Waals surface area contributed by atoms with Crippen molar-refractivity contribution in [2.24, 2.45) is 34.5 Å². The molecule has 4 aliphatic carbocycles. The molecule has 0 aromatic heterocycles. The Morgan fingerprint density at radius 2 is 1.49 bits per heavy atom. The number of benzene rings is 2. The molecule has 2 aliphatic heterocycles. The zero-order chi connectivity index (χ0) is 29.3. The highest BCUT2D eigenvalue weighted by atomic mass is 16.7. The minimum absolute atomic E-state index is 0.0235. The molecule has 0 bridgehead atoms. The van der Waals surface area contributed by atoms with E-state index in [2.05, 4.69) is 73.3 Å². The monoisotopic (exact) mass is 583 g/mol. The van der Waals surface area contributed by atoms with Crippen molar-refractivity contribution in [1.29, 1.82) is 0 Å². The zero-order valence-electron chi connectivity index (χ0n) is 26.1. The minimum Gasteiger partial charge on any atom is -0.457 e. The fourth-order valence-electron chi connectivity index (χ4n) is 11.4. The average molecular weight is 584 g/mol. The van der Waals surface area contributed by atoms with Gasteiger partial charge in [0.1, 0.15) is 11.6 Å². The van der Waals surface area contributed by atoms with Crippen molar-refractivity contribution in [3.63, 3.8) is 0 Å². The number of esters is 1. The normalized spacial score (nSPS) is 41.9. The Hall–Kier alpha value is -2.21. The summed E-state index contributed by atoms with van der Waals surface area (Å²) in [5.74, 6) is 2.48. The van der Waals surface area contributed by atoms with Gasteiger partial charge >= 0.3 is 5.97 Å². The number of rotatable bonds is 4. The van der Waals surface area contributed by atoms with Gasteiger partial charge in [-0.15, -0.1) is 0 Å². The van der Waals surface area contributed by atoms with Crippen LogP contribution < -0.4 is 0 Å². The summed E-state index contributed by atoms with van der Waals surface area (Å²) in [6.07, 6.45) is 11.2. The van der Waals surface area contributed by atoms with Gasteiger partial charge < -0.3 is 14.2 Å². The quantitative estimate of drug-likeness (QED) is 0.357. The van der Waals surface area contributed by atoms with Crippen LogP contribution in [0.15, 0.2) is 60.7 Å². The van der Waals surface area contributed by atoms with Crippen LogP contribution in [0.4, 0.5) is 0 Å². The van der Waals surface area contributed by atoms with Crippen LogP contribution in [0, 0.1) is 34.5 Å². The molecule has 2 aromatic rings. The van der Waals surface area contributed by atoms with E-state index in [0.29, 0.717) is 23.7 Å². The molecule has 6 fully saturated rings.